The van der Waals surface area contributed by atoms with E-state index in [0.29, 0.717) is 17.7 Å². The van der Waals surface area contributed by atoms with Gasteiger partial charge in [0.2, 0.25) is 0 Å². The van der Waals surface area contributed by atoms with Crippen LogP contribution in [0.4, 0.5) is 0 Å². The molecule has 0 amide bonds. The molecular formula is C17H23ClN2. The van der Waals surface area contributed by atoms with Gasteiger partial charge in [0.25, 0.3) is 0 Å². The Labute approximate surface area is 127 Å². The molecule has 0 aliphatic heterocycles. The average molecular weight is 291 g/mol. The quantitative estimate of drug-likeness (QED) is 0.633. The Hall–Kier alpha value is -1.02. The Morgan fingerprint density at radius 3 is 1.90 bits per heavy atom. The van der Waals surface area contributed by atoms with Gasteiger partial charge in [0, 0.05) is 0 Å². The molecule has 0 unspecified atom stereocenters. The predicted octanol–water partition coefficient (Wildman–Crippen LogP) is 3.74. The van der Waals surface area contributed by atoms with Crippen molar-refractivity contribution < 1.29 is 0 Å². The molecule has 108 valence electrons. The molecule has 0 saturated heterocycles. The lowest BCUT2D eigenvalue weighted by atomic mass is 9.43. The van der Waals surface area contributed by atoms with Crippen LogP contribution in [0.2, 0.25) is 0 Å². The molecule has 1 aromatic carbocycles. The number of benzene rings is 1. The van der Waals surface area contributed by atoms with Gasteiger partial charge in [-0.05, 0) is 61.3 Å². The SMILES string of the molecule is Cl.N=C(N)C1(c2ccccc2)C2CC3CC(C2)CC1C3. The third kappa shape index (κ3) is 1.67. The van der Waals surface area contributed by atoms with Gasteiger partial charge in [0.1, 0.15) is 5.84 Å². The van der Waals surface area contributed by atoms with Gasteiger partial charge in [0.05, 0.1) is 5.41 Å². The van der Waals surface area contributed by atoms with Crippen LogP contribution in [-0.2, 0) is 5.41 Å². The fourth-order valence-electron chi connectivity index (χ4n) is 5.71. The first kappa shape index (κ1) is 13.9. The van der Waals surface area contributed by atoms with Crippen LogP contribution in [0.15, 0.2) is 30.3 Å². The summed E-state index contributed by atoms with van der Waals surface area (Å²) in [6.45, 7) is 0. The van der Waals surface area contributed by atoms with Crippen molar-refractivity contribution in [2.75, 3.05) is 0 Å². The summed E-state index contributed by atoms with van der Waals surface area (Å²) in [4.78, 5) is 0. The fourth-order valence-corrected chi connectivity index (χ4v) is 5.71. The smallest absolute Gasteiger partial charge is 0.102 e. The molecule has 0 heterocycles. The van der Waals surface area contributed by atoms with Crippen molar-refractivity contribution in [2.24, 2.45) is 29.4 Å². The second-order valence-electron chi connectivity index (χ2n) is 6.95. The van der Waals surface area contributed by atoms with E-state index in [4.69, 9.17) is 11.1 Å². The zero-order valence-electron chi connectivity index (χ0n) is 11.7. The van der Waals surface area contributed by atoms with Crippen LogP contribution in [0.5, 0.6) is 0 Å². The summed E-state index contributed by atoms with van der Waals surface area (Å²) < 4.78 is 0. The minimum atomic E-state index is -0.144. The first-order valence-electron chi connectivity index (χ1n) is 7.61. The second-order valence-corrected chi connectivity index (χ2v) is 6.95. The van der Waals surface area contributed by atoms with E-state index in [1.807, 2.05) is 0 Å². The van der Waals surface area contributed by atoms with Gasteiger partial charge in [-0.1, -0.05) is 30.3 Å². The summed E-state index contributed by atoms with van der Waals surface area (Å²) in [5, 5.41) is 8.33. The number of hydrogen-bond acceptors (Lipinski definition) is 1. The second kappa shape index (κ2) is 4.77. The van der Waals surface area contributed by atoms with E-state index in [9.17, 15) is 0 Å². The van der Waals surface area contributed by atoms with Gasteiger partial charge in [-0.25, -0.2) is 0 Å². The van der Waals surface area contributed by atoms with Crippen LogP contribution in [-0.4, -0.2) is 5.84 Å². The maximum absolute atomic E-state index is 8.33. The third-order valence-corrected chi connectivity index (χ3v) is 6.12. The van der Waals surface area contributed by atoms with Crippen molar-refractivity contribution in [2.45, 2.75) is 37.5 Å². The fraction of sp³-hybridized carbons (Fsp3) is 0.588. The number of nitrogens with two attached hydrogens (primary N) is 1. The minimum absolute atomic E-state index is 0. The molecule has 4 aliphatic carbocycles. The van der Waals surface area contributed by atoms with Gasteiger partial charge >= 0.3 is 0 Å². The molecule has 0 spiro atoms. The lowest BCUT2D eigenvalue weighted by Gasteiger charge is -2.61. The summed E-state index contributed by atoms with van der Waals surface area (Å²) >= 11 is 0. The van der Waals surface area contributed by atoms with Crippen molar-refractivity contribution in [3.8, 4) is 0 Å². The molecule has 0 atom stereocenters. The van der Waals surface area contributed by atoms with Crippen molar-refractivity contribution >= 4 is 18.2 Å². The highest BCUT2D eigenvalue weighted by molar-refractivity contribution is 5.90. The average Bonchev–Trinajstić information content (AvgIpc) is 2.39. The number of hydrogen-bond donors (Lipinski definition) is 2. The molecule has 20 heavy (non-hydrogen) atoms. The number of rotatable bonds is 2. The highest BCUT2D eigenvalue weighted by atomic mass is 35.5. The van der Waals surface area contributed by atoms with Crippen LogP contribution in [0.1, 0.15) is 37.7 Å². The van der Waals surface area contributed by atoms with Crippen LogP contribution in [0, 0.1) is 29.1 Å². The maximum Gasteiger partial charge on any atom is 0.102 e. The van der Waals surface area contributed by atoms with Crippen LogP contribution in [0.3, 0.4) is 0 Å². The van der Waals surface area contributed by atoms with E-state index in [-0.39, 0.29) is 17.8 Å². The lowest BCUT2D eigenvalue weighted by molar-refractivity contribution is -0.0300. The summed E-state index contributed by atoms with van der Waals surface area (Å²) in [6, 6.07) is 10.7. The molecule has 4 fully saturated rings. The molecule has 0 radical (unpaired) electrons. The largest absolute Gasteiger partial charge is 0.387 e. The molecular weight excluding hydrogens is 268 g/mol. The van der Waals surface area contributed by atoms with E-state index >= 15 is 0 Å². The van der Waals surface area contributed by atoms with E-state index in [2.05, 4.69) is 30.3 Å². The monoisotopic (exact) mass is 290 g/mol. The van der Waals surface area contributed by atoms with Gasteiger partial charge in [-0.2, -0.15) is 0 Å². The van der Waals surface area contributed by atoms with Gasteiger partial charge in [0.15, 0.2) is 0 Å². The molecule has 2 nitrogen and oxygen atoms in total. The molecule has 4 aliphatic rings. The lowest BCUT2D eigenvalue weighted by Crippen LogP contribution is -2.61. The van der Waals surface area contributed by atoms with Crippen molar-refractivity contribution in [1.29, 1.82) is 5.41 Å². The number of amidine groups is 1. The van der Waals surface area contributed by atoms with Crippen molar-refractivity contribution in [3.05, 3.63) is 35.9 Å². The number of nitrogens with one attached hydrogen (secondary N) is 1. The minimum Gasteiger partial charge on any atom is -0.387 e. The molecule has 3 heteroatoms. The third-order valence-electron chi connectivity index (χ3n) is 6.12. The molecule has 5 rings (SSSR count). The molecule has 4 saturated carbocycles. The highest BCUT2D eigenvalue weighted by Gasteiger charge is 2.59. The predicted molar refractivity (Wildman–Crippen MR) is 84.3 cm³/mol. The zero-order valence-corrected chi connectivity index (χ0v) is 12.5. The Bertz CT molecular complexity index is 483. The van der Waals surface area contributed by atoms with E-state index < -0.39 is 0 Å². The standard InChI is InChI=1S/C17H22N2.ClH/c18-16(19)17(13-4-2-1-3-5-13)14-7-11-6-12(9-14)10-15(17)8-11;/h1-5,11-12,14-15H,6-10H2,(H3,18,19);1H. The first-order chi connectivity index (χ1) is 9.21. The molecule has 0 aromatic heterocycles. The van der Waals surface area contributed by atoms with Gasteiger partial charge in [-0.15, -0.1) is 12.4 Å². The van der Waals surface area contributed by atoms with Crippen molar-refractivity contribution in [3.63, 3.8) is 0 Å². The topological polar surface area (TPSA) is 49.9 Å². The molecule has 1 aromatic rings. The van der Waals surface area contributed by atoms with Gasteiger partial charge < -0.3 is 5.73 Å². The molecule has 3 N–H and O–H groups in total. The highest BCUT2D eigenvalue weighted by Crippen LogP contribution is 2.62. The summed E-state index contributed by atoms with van der Waals surface area (Å²) in [5.74, 6) is 3.48. The summed E-state index contributed by atoms with van der Waals surface area (Å²) in [6.07, 6.45) is 6.61. The van der Waals surface area contributed by atoms with E-state index in [1.165, 1.54) is 37.7 Å². The Morgan fingerprint density at radius 2 is 1.45 bits per heavy atom. The first-order valence-corrected chi connectivity index (χ1v) is 7.61. The number of halogens is 1. The summed E-state index contributed by atoms with van der Waals surface area (Å²) in [7, 11) is 0. The summed E-state index contributed by atoms with van der Waals surface area (Å²) in [5.41, 5.74) is 7.33. The normalized spacial score (nSPS) is 41.2. The van der Waals surface area contributed by atoms with Crippen molar-refractivity contribution in [1.82, 2.24) is 0 Å². The van der Waals surface area contributed by atoms with Crippen LogP contribution < -0.4 is 5.73 Å². The Morgan fingerprint density at radius 1 is 0.950 bits per heavy atom. The Kier molecular flexibility index (Phi) is 3.32. The van der Waals surface area contributed by atoms with E-state index in [1.54, 1.807) is 0 Å². The maximum atomic E-state index is 8.33. The molecule has 4 bridgehead atoms. The van der Waals surface area contributed by atoms with E-state index in [0.717, 1.165) is 11.8 Å². The Balaban J connectivity index is 0.00000121. The van der Waals surface area contributed by atoms with Crippen LogP contribution >= 0.6 is 12.4 Å². The van der Waals surface area contributed by atoms with Gasteiger partial charge in [-0.3, -0.25) is 5.41 Å². The zero-order chi connectivity index (χ0) is 13.0. The van der Waals surface area contributed by atoms with Crippen LogP contribution in [0.25, 0.3) is 0 Å².